The molecule has 0 bridgehead atoms. The number of hydrogen-bond donors (Lipinski definition) is 0. The molecule has 2 aliphatic heterocycles. The summed E-state index contributed by atoms with van der Waals surface area (Å²) in [5.41, 5.74) is 1.87. The molecule has 3 heterocycles. The van der Waals surface area contributed by atoms with Gasteiger partial charge in [-0.2, -0.15) is 0 Å². The third-order valence-corrected chi connectivity index (χ3v) is 5.33. The van der Waals surface area contributed by atoms with Crippen LogP contribution >= 0.6 is 0 Å². The first kappa shape index (κ1) is 17.2. The zero-order valence-corrected chi connectivity index (χ0v) is 15.2. The predicted molar refractivity (Wildman–Crippen MR) is 99.4 cm³/mol. The minimum atomic E-state index is -0.273. The van der Waals surface area contributed by atoms with E-state index in [9.17, 15) is 4.79 Å². The molecule has 0 radical (unpaired) electrons. The number of aromatic nitrogens is 1. The average Bonchev–Trinajstić information content (AvgIpc) is 3.23. The van der Waals surface area contributed by atoms with Crippen LogP contribution in [-0.2, 0) is 4.74 Å². The lowest BCUT2D eigenvalue weighted by Crippen LogP contribution is -2.38. The van der Waals surface area contributed by atoms with E-state index in [4.69, 9.17) is 9.47 Å². The van der Waals surface area contributed by atoms with Crippen LogP contribution in [0.25, 0.3) is 10.9 Å². The molecule has 2 saturated heterocycles. The van der Waals surface area contributed by atoms with Crippen LogP contribution in [0.5, 0.6) is 5.75 Å². The second kappa shape index (κ2) is 7.60. The molecule has 2 aliphatic rings. The van der Waals surface area contributed by atoms with Gasteiger partial charge in [0.25, 0.3) is 0 Å². The number of rotatable bonds is 3. The summed E-state index contributed by atoms with van der Waals surface area (Å²) in [6.07, 6.45) is 3.55. The van der Waals surface area contributed by atoms with E-state index in [0.29, 0.717) is 5.75 Å². The van der Waals surface area contributed by atoms with Crippen molar-refractivity contribution in [1.82, 2.24) is 14.8 Å². The van der Waals surface area contributed by atoms with E-state index in [1.54, 1.807) is 11.1 Å². The molecule has 0 saturated carbocycles. The number of morpholine rings is 1. The normalized spacial score (nSPS) is 19.7. The quantitative estimate of drug-likeness (QED) is 0.846. The molecular formula is C20H25N3O3. The van der Waals surface area contributed by atoms with Crippen LogP contribution in [0.1, 0.15) is 31.4 Å². The van der Waals surface area contributed by atoms with Gasteiger partial charge in [0.15, 0.2) is 5.75 Å². The molecule has 1 amide bonds. The fourth-order valence-corrected chi connectivity index (χ4v) is 3.73. The van der Waals surface area contributed by atoms with Crippen LogP contribution in [0.4, 0.5) is 4.79 Å². The molecule has 2 aromatic rings. The highest BCUT2D eigenvalue weighted by atomic mass is 16.6. The highest BCUT2D eigenvalue weighted by Gasteiger charge is 2.23. The van der Waals surface area contributed by atoms with Crippen LogP contribution in [0.2, 0.25) is 0 Å². The Balaban J connectivity index is 1.65. The molecular weight excluding hydrogens is 330 g/mol. The van der Waals surface area contributed by atoms with Crippen molar-refractivity contribution in [3.05, 3.63) is 36.0 Å². The number of fused-ring (bicyclic) bond motifs is 1. The van der Waals surface area contributed by atoms with Crippen LogP contribution in [0, 0.1) is 0 Å². The van der Waals surface area contributed by atoms with E-state index in [1.165, 1.54) is 0 Å². The summed E-state index contributed by atoms with van der Waals surface area (Å²) in [6.45, 7) is 7.08. The van der Waals surface area contributed by atoms with Gasteiger partial charge >= 0.3 is 6.09 Å². The van der Waals surface area contributed by atoms with Crippen LogP contribution < -0.4 is 4.74 Å². The molecule has 0 spiro atoms. The van der Waals surface area contributed by atoms with Gasteiger partial charge in [-0.25, -0.2) is 4.79 Å². The standard InChI is InChI=1S/C20H25N3O3/c1-15(22-9-11-25-12-10-22)17-13-16-5-4-6-21-19(16)18(14-17)26-20(24)23-7-2-3-8-23/h4-6,13-15H,2-3,7-12H2,1H3. The molecule has 4 rings (SSSR count). The Morgan fingerprint density at radius 1 is 1.19 bits per heavy atom. The lowest BCUT2D eigenvalue weighted by Gasteiger charge is -2.32. The van der Waals surface area contributed by atoms with Crippen molar-refractivity contribution in [2.75, 3.05) is 39.4 Å². The maximum atomic E-state index is 12.5. The lowest BCUT2D eigenvalue weighted by atomic mass is 10.0. The van der Waals surface area contributed by atoms with E-state index < -0.39 is 0 Å². The van der Waals surface area contributed by atoms with E-state index in [-0.39, 0.29) is 12.1 Å². The van der Waals surface area contributed by atoms with Crippen molar-refractivity contribution in [2.45, 2.75) is 25.8 Å². The van der Waals surface area contributed by atoms with Crippen molar-refractivity contribution in [3.63, 3.8) is 0 Å². The number of amides is 1. The highest BCUT2D eigenvalue weighted by Crippen LogP contribution is 2.31. The number of pyridine rings is 1. The lowest BCUT2D eigenvalue weighted by molar-refractivity contribution is 0.0198. The van der Waals surface area contributed by atoms with Gasteiger partial charge in [0.05, 0.1) is 13.2 Å². The van der Waals surface area contributed by atoms with E-state index in [2.05, 4.69) is 22.9 Å². The monoisotopic (exact) mass is 355 g/mol. The zero-order valence-electron chi connectivity index (χ0n) is 15.2. The highest BCUT2D eigenvalue weighted by molar-refractivity contribution is 5.87. The summed E-state index contributed by atoms with van der Waals surface area (Å²) < 4.78 is 11.2. The summed E-state index contributed by atoms with van der Waals surface area (Å²) in [6, 6.07) is 8.29. The molecule has 1 aromatic carbocycles. The Kier molecular flexibility index (Phi) is 5.04. The summed E-state index contributed by atoms with van der Waals surface area (Å²) in [7, 11) is 0. The van der Waals surface area contributed by atoms with Crippen molar-refractivity contribution < 1.29 is 14.3 Å². The van der Waals surface area contributed by atoms with E-state index in [1.807, 2.05) is 18.2 Å². The largest absolute Gasteiger partial charge is 0.415 e. The molecule has 1 atom stereocenters. The van der Waals surface area contributed by atoms with Crippen LogP contribution in [-0.4, -0.2) is 60.3 Å². The minimum Gasteiger partial charge on any atom is -0.408 e. The molecule has 6 nitrogen and oxygen atoms in total. The predicted octanol–water partition coefficient (Wildman–Crippen LogP) is 3.22. The molecule has 138 valence electrons. The molecule has 2 fully saturated rings. The second-order valence-corrected chi connectivity index (χ2v) is 6.98. The second-order valence-electron chi connectivity index (χ2n) is 6.98. The van der Waals surface area contributed by atoms with Crippen molar-refractivity contribution in [2.24, 2.45) is 0 Å². The van der Waals surface area contributed by atoms with E-state index >= 15 is 0 Å². The van der Waals surface area contributed by atoms with Gasteiger partial charge in [0.2, 0.25) is 0 Å². The number of ether oxygens (including phenoxy) is 2. The van der Waals surface area contributed by atoms with Gasteiger partial charge in [-0.3, -0.25) is 9.88 Å². The molecule has 1 aromatic heterocycles. The Bertz CT molecular complexity index is 783. The van der Waals surface area contributed by atoms with Crippen LogP contribution in [0.3, 0.4) is 0 Å². The molecule has 0 N–H and O–H groups in total. The number of carbonyl (C=O) groups is 1. The Morgan fingerprint density at radius 2 is 1.96 bits per heavy atom. The van der Waals surface area contributed by atoms with Gasteiger partial charge in [-0.1, -0.05) is 6.07 Å². The molecule has 26 heavy (non-hydrogen) atoms. The number of benzene rings is 1. The molecule has 1 unspecified atom stereocenters. The number of carbonyl (C=O) groups excluding carboxylic acids is 1. The molecule has 6 heteroatoms. The minimum absolute atomic E-state index is 0.229. The SMILES string of the molecule is CC(c1cc(OC(=O)N2CCCC2)c2ncccc2c1)N1CCOCC1. The fraction of sp³-hybridized carbons (Fsp3) is 0.500. The van der Waals surface area contributed by atoms with Crippen molar-refractivity contribution in [3.8, 4) is 5.75 Å². The molecule has 0 aliphatic carbocycles. The van der Waals surface area contributed by atoms with Crippen molar-refractivity contribution in [1.29, 1.82) is 0 Å². The summed E-state index contributed by atoms with van der Waals surface area (Å²) in [4.78, 5) is 21.1. The Morgan fingerprint density at radius 3 is 2.73 bits per heavy atom. The van der Waals surface area contributed by atoms with E-state index in [0.717, 1.165) is 68.7 Å². The topological polar surface area (TPSA) is 54.9 Å². The summed E-state index contributed by atoms with van der Waals surface area (Å²) in [5, 5.41) is 0.995. The first-order chi connectivity index (χ1) is 12.7. The summed E-state index contributed by atoms with van der Waals surface area (Å²) >= 11 is 0. The first-order valence-electron chi connectivity index (χ1n) is 9.39. The summed E-state index contributed by atoms with van der Waals surface area (Å²) in [5.74, 6) is 0.551. The number of hydrogen-bond acceptors (Lipinski definition) is 5. The van der Waals surface area contributed by atoms with Gasteiger partial charge in [-0.05, 0) is 43.5 Å². The van der Waals surface area contributed by atoms with Crippen LogP contribution in [0.15, 0.2) is 30.5 Å². The Labute approximate surface area is 153 Å². The Hall–Kier alpha value is -2.18. The smallest absolute Gasteiger partial charge is 0.408 e. The number of likely N-dealkylation sites (tertiary alicyclic amines) is 1. The average molecular weight is 355 g/mol. The van der Waals surface area contributed by atoms with Crippen molar-refractivity contribution >= 4 is 17.0 Å². The third kappa shape index (κ3) is 3.52. The fourth-order valence-electron chi connectivity index (χ4n) is 3.73. The third-order valence-electron chi connectivity index (χ3n) is 5.33. The maximum Gasteiger partial charge on any atom is 0.415 e. The van der Waals surface area contributed by atoms with Gasteiger partial charge in [-0.15, -0.1) is 0 Å². The first-order valence-corrected chi connectivity index (χ1v) is 9.39. The number of nitrogens with zero attached hydrogens (tertiary/aromatic N) is 3. The van der Waals surface area contributed by atoms with Gasteiger partial charge in [0, 0.05) is 43.8 Å². The maximum absolute atomic E-state index is 12.5. The van der Waals surface area contributed by atoms with Gasteiger partial charge in [0.1, 0.15) is 5.52 Å². The zero-order chi connectivity index (χ0) is 17.9. The van der Waals surface area contributed by atoms with Gasteiger partial charge < -0.3 is 14.4 Å².